The summed E-state index contributed by atoms with van der Waals surface area (Å²) in [5.74, 6) is 1.64. The van der Waals surface area contributed by atoms with E-state index in [4.69, 9.17) is 16.3 Å². The quantitative estimate of drug-likeness (QED) is 0.883. The van der Waals surface area contributed by atoms with Crippen molar-refractivity contribution in [1.82, 2.24) is 5.32 Å². The summed E-state index contributed by atoms with van der Waals surface area (Å²) in [4.78, 5) is 0. The maximum atomic E-state index is 5.97. The van der Waals surface area contributed by atoms with E-state index in [-0.39, 0.29) is 0 Å². The normalized spacial score (nSPS) is 15.7. The predicted molar refractivity (Wildman–Crippen MR) is 87.5 cm³/mol. The molecule has 0 radical (unpaired) electrons. The van der Waals surface area contributed by atoms with E-state index >= 15 is 0 Å². The van der Waals surface area contributed by atoms with Crippen molar-refractivity contribution in [2.45, 2.75) is 18.9 Å². The molecule has 0 aliphatic carbocycles. The van der Waals surface area contributed by atoms with Crippen LogP contribution in [0.2, 0.25) is 5.02 Å². The van der Waals surface area contributed by atoms with E-state index in [0.717, 1.165) is 43.1 Å². The van der Waals surface area contributed by atoms with Gasteiger partial charge in [0.25, 0.3) is 0 Å². The third kappa shape index (κ3) is 3.90. The van der Waals surface area contributed by atoms with Gasteiger partial charge in [-0.15, -0.1) is 0 Å². The number of anilines is 1. The van der Waals surface area contributed by atoms with Gasteiger partial charge in [-0.3, -0.25) is 0 Å². The van der Waals surface area contributed by atoms with Gasteiger partial charge in [0.1, 0.15) is 5.75 Å². The molecule has 110 valence electrons. The highest BCUT2D eigenvalue weighted by molar-refractivity contribution is 6.30. The van der Waals surface area contributed by atoms with Crippen LogP contribution in [0.15, 0.2) is 48.5 Å². The van der Waals surface area contributed by atoms with Crippen LogP contribution in [0.1, 0.15) is 12.8 Å². The fourth-order valence-electron chi connectivity index (χ4n) is 2.49. The van der Waals surface area contributed by atoms with Gasteiger partial charge in [-0.05, 0) is 62.3 Å². The molecule has 2 N–H and O–H groups in total. The minimum Gasteiger partial charge on any atom is -0.455 e. The topological polar surface area (TPSA) is 33.3 Å². The summed E-state index contributed by atoms with van der Waals surface area (Å²) in [6, 6.07) is 16.0. The molecule has 0 unspecified atom stereocenters. The number of benzene rings is 2. The SMILES string of the molecule is Clc1ccc(Oc2ccccc2NC2CCNCC2)cc1. The second-order valence-electron chi connectivity index (χ2n) is 5.22. The van der Waals surface area contributed by atoms with Crippen molar-refractivity contribution in [3.05, 3.63) is 53.6 Å². The first kappa shape index (κ1) is 14.2. The third-order valence-electron chi connectivity index (χ3n) is 3.63. The van der Waals surface area contributed by atoms with Crippen molar-refractivity contribution in [3.8, 4) is 11.5 Å². The maximum absolute atomic E-state index is 5.97. The Morgan fingerprint density at radius 2 is 1.71 bits per heavy atom. The van der Waals surface area contributed by atoms with Gasteiger partial charge in [0.05, 0.1) is 5.69 Å². The van der Waals surface area contributed by atoms with Gasteiger partial charge in [0.2, 0.25) is 0 Å². The highest BCUT2D eigenvalue weighted by Crippen LogP contribution is 2.31. The summed E-state index contributed by atoms with van der Waals surface area (Å²) in [6.45, 7) is 2.13. The van der Waals surface area contributed by atoms with Crippen molar-refractivity contribution in [2.75, 3.05) is 18.4 Å². The molecule has 1 fully saturated rings. The summed E-state index contributed by atoms with van der Waals surface area (Å²) in [6.07, 6.45) is 2.27. The summed E-state index contributed by atoms with van der Waals surface area (Å²) in [5.41, 5.74) is 1.04. The van der Waals surface area contributed by atoms with Crippen LogP contribution < -0.4 is 15.4 Å². The molecule has 2 aromatic rings. The standard InChI is InChI=1S/C17H19ClN2O/c18-13-5-7-15(8-6-13)21-17-4-2-1-3-16(17)20-14-9-11-19-12-10-14/h1-8,14,19-20H,9-12H2. The first-order valence-electron chi connectivity index (χ1n) is 7.31. The molecule has 0 amide bonds. The van der Waals surface area contributed by atoms with E-state index in [1.165, 1.54) is 0 Å². The first-order chi connectivity index (χ1) is 10.3. The molecular formula is C17H19ClN2O. The average molecular weight is 303 g/mol. The van der Waals surface area contributed by atoms with Gasteiger partial charge >= 0.3 is 0 Å². The van der Waals surface area contributed by atoms with Gasteiger partial charge < -0.3 is 15.4 Å². The van der Waals surface area contributed by atoms with E-state index in [9.17, 15) is 0 Å². The highest BCUT2D eigenvalue weighted by Gasteiger charge is 2.14. The zero-order valence-electron chi connectivity index (χ0n) is 11.8. The van der Waals surface area contributed by atoms with Gasteiger partial charge in [-0.1, -0.05) is 23.7 Å². The molecule has 1 heterocycles. The fraction of sp³-hybridized carbons (Fsp3) is 0.294. The van der Waals surface area contributed by atoms with E-state index in [1.807, 2.05) is 42.5 Å². The Kier molecular flexibility index (Phi) is 4.63. The van der Waals surface area contributed by atoms with Crippen LogP contribution in [0, 0.1) is 0 Å². The van der Waals surface area contributed by atoms with Crippen molar-refractivity contribution >= 4 is 17.3 Å². The second kappa shape index (κ2) is 6.83. The Labute approximate surface area is 130 Å². The molecule has 1 aliphatic heterocycles. The zero-order chi connectivity index (χ0) is 14.5. The molecule has 21 heavy (non-hydrogen) atoms. The number of para-hydroxylation sites is 2. The van der Waals surface area contributed by atoms with E-state index in [1.54, 1.807) is 0 Å². The van der Waals surface area contributed by atoms with Crippen LogP contribution in [0.3, 0.4) is 0 Å². The lowest BCUT2D eigenvalue weighted by Gasteiger charge is -2.25. The van der Waals surface area contributed by atoms with Crippen LogP contribution in [0.25, 0.3) is 0 Å². The Bertz CT molecular complexity index is 580. The third-order valence-corrected chi connectivity index (χ3v) is 3.88. The zero-order valence-corrected chi connectivity index (χ0v) is 12.6. The van der Waals surface area contributed by atoms with Gasteiger partial charge in [0, 0.05) is 11.1 Å². The Morgan fingerprint density at radius 1 is 1.00 bits per heavy atom. The van der Waals surface area contributed by atoms with Gasteiger partial charge in [0.15, 0.2) is 5.75 Å². The highest BCUT2D eigenvalue weighted by atomic mass is 35.5. The van der Waals surface area contributed by atoms with Gasteiger partial charge in [-0.25, -0.2) is 0 Å². The Morgan fingerprint density at radius 3 is 2.48 bits per heavy atom. The summed E-state index contributed by atoms with van der Waals surface area (Å²) >= 11 is 5.90. The summed E-state index contributed by atoms with van der Waals surface area (Å²) in [5, 5.41) is 7.68. The first-order valence-corrected chi connectivity index (χ1v) is 7.69. The number of nitrogens with one attached hydrogen (secondary N) is 2. The molecule has 3 rings (SSSR count). The van der Waals surface area contributed by atoms with Crippen molar-refractivity contribution in [3.63, 3.8) is 0 Å². The molecule has 0 atom stereocenters. The molecule has 3 nitrogen and oxygen atoms in total. The fourth-order valence-corrected chi connectivity index (χ4v) is 2.62. The summed E-state index contributed by atoms with van der Waals surface area (Å²) in [7, 11) is 0. The number of halogens is 1. The second-order valence-corrected chi connectivity index (χ2v) is 5.66. The Hall–Kier alpha value is -1.71. The molecular weight excluding hydrogens is 284 g/mol. The molecule has 0 aromatic heterocycles. The van der Waals surface area contributed by atoms with E-state index < -0.39 is 0 Å². The lowest BCUT2D eigenvalue weighted by atomic mass is 10.1. The van der Waals surface area contributed by atoms with Crippen molar-refractivity contribution in [2.24, 2.45) is 0 Å². The number of hydrogen-bond acceptors (Lipinski definition) is 3. The lowest BCUT2D eigenvalue weighted by molar-refractivity contribution is 0.467. The van der Waals surface area contributed by atoms with Crippen LogP contribution in [-0.4, -0.2) is 19.1 Å². The smallest absolute Gasteiger partial charge is 0.150 e. The van der Waals surface area contributed by atoms with Crippen LogP contribution in [-0.2, 0) is 0 Å². The van der Waals surface area contributed by atoms with Crippen LogP contribution in [0.4, 0.5) is 5.69 Å². The number of hydrogen-bond donors (Lipinski definition) is 2. The predicted octanol–water partition coefficient (Wildman–Crippen LogP) is 4.30. The molecule has 0 spiro atoms. The maximum Gasteiger partial charge on any atom is 0.150 e. The molecule has 2 aromatic carbocycles. The van der Waals surface area contributed by atoms with E-state index in [2.05, 4.69) is 16.7 Å². The van der Waals surface area contributed by atoms with Crippen LogP contribution in [0.5, 0.6) is 11.5 Å². The van der Waals surface area contributed by atoms with Crippen molar-refractivity contribution in [1.29, 1.82) is 0 Å². The minimum absolute atomic E-state index is 0.501. The number of ether oxygens (including phenoxy) is 1. The molecule has 0 bridgehead atoms. The lowest BCUT2D eigenvalue weighted by Crippen LogP contribution is -2.35. The largest absolute Gasteiger partial charge is 0.455 e. The van der Waals surface area contributed by atoms with Crippen molar-refractivity contribution < 1.29 is 4.74 Å². The number of rotatable bonds is 4. The Balaban J connectivity index is 1.73. The number of piperidine rings is 1. The molecule has 4 heteroatoms. The minimum atomic E-state index is 0.501. The average Bonchev–Trinajstić information content (AvgIpc) is 2.52. The van der Waals surface area contributed by atoms with Gasteiger partial charge in [-0.2, -0.15) is 0 Å². The molecule has 1 aliphatic rings. The molecule has 1 saturated heterocycles. The summed E-state index contributed by atoms with van der Waals surface area (Å²) < 4.78 is 5.97. The monoisotopic (exact) mass is 302 g/mol. The molecule has 0 saturated carbocycles. The van der Waals surface area contributed by atoms with E-state index in [0.29, 0.717) is 11.1 Å². The van der Waals surface area contributed by atoms with Crippen LogP contribution >= 0.6 is 11.6 Å².